The molecule has 1 aromatic heterocycles. The second-order valence-corrected chi connectivity index (χ2v) is 4.93. The maximum Gasteiger partial charge on any atom is 0.118 e. The molecule has 0 saturated heterocycles. The summed E-state index contributed by atoms with van der Waals surface area (Å²) in [6, 6.07) is 2.65. The molecule has 4 nitrogen and oxygen atoms in total. The minimum absolute atomic E-state index is 0.540. The lowest BCUT2D eigenvalue weighted by Gasteiger charge is -2.29. The summed E-state index contributed by atoms with van der Waals surface area (Å²) in [5.74, 6) is 1.94. The minimum Gasteiger partial charge on any atom is -0.465 e. The smallest absolute Gasteiger partial charge is 0.118 e. The van der Waals surface area contributed by atoms with E-state index in [4.69, 9.17) is 14.9 Å². The number of nitrogens with two attached hydrogens (primary N) is 1. The molecule has 1 aromatic rings. The van der Waals surface area contributed by atoms with Crippen molar-refractivity contribution in [1.29, 1.82) is 0 Å². The molecule has 0 spiro atoms. The third-order valence-corrected chi connectivity index (χ3v) is 3.69. The van der Waals surface area contributed by atoms with Crippen LogP contribution >= 0.6 is 0 Å². The van der Waals surface area contributed by atoms with E-state index in [1.165, 1.54) is 0 Å². The topological polar surface area (TPSA) is 51.6 Å². The maximum absolute atomic E-state index is 5.79. The predicted octanol–water partition coefficient (Wildman–Crippen LogP) is 2.68. The van der Waals surface area contributed by atoms with E-state index >= 15 is 0 Å². The van der Waals surface area contributed by atoms with E-state index in [9.17, 15) is 0 Å². The highest BCUT2D eigenvalue weighted by atomic mass is 16.5. The first-order valence-corrected chi connectivity index (χ1v) is 7.17. The fourth-order valence-corrected chi connectivity index (χ4v) is 2.47. The zero-order valence-electron chi connectivity index (χ0n) is 12.7. The number of furan rings is 1. The van der Waals surface area contributed by atoms with Gasteiger partial charge in [-0.3, -0.25) is 4.90 Å². The van der Waals surface area contributed by atoms with Crippen LogP contribution in [0.5, 0.6) is 0 Å². The summed E-state index contributed by atoms with van der Waals surface area (Å²) in [6.07, 6.45) is 2.29. The van der Waals surface area contributed by atoms with Gasteiger partial charge in [-0.15, -0.1) is 0 Å². The van der Waals surface area contributed by atoms with Crippen molar-refractivity contribution in [2.75, 3.05) is 20.3 Å². The molecule has 0 aliphatic carbocycles. The van der Waals surface area contributed by atoms with Gasteiger partial charge in [0.25, 0.3) is 0 Å². The molecule has 1 rings (SSSR count). The van der Waals surface area contributed by atoms with Crippen molar-refractivity contribution < 1.29 is 9.15 Å². The molecule has 0 bridgehead atoms. The van der Waals surface area contributed by atoms with Crippen LogP contribution in [-0.2, 0) is 17.8 Å². The van der Waals surface area contributed by atoms with Gasteiger partial charge in [-0.2, -0.15) is 0 Å². The number of aryl methyl sites for hydroxylation is 1. The van der Waals surface area contributed by atoms with Crippen molar-refractivity contribution in [2.45, 2.75) is 52.7 Å². The van der Waals surface area contributed by atoms with E-state index in [2.05, 4.69) is 24.8 Å². The Bertz CT molecular complexity index is 359. The molecule has 0 radical (unpaired) electrons. The monoisotopic (exact) mass is 268 g/mol. The molecule has 0 aromatic carbocycles. The molecule has 4 heteroatoms. The molecule has 0 aliphatic rings. The van der Waals surface area contributed by atoms with Gasteiger partial charge in [0.15, 0.2) is 0 Å². The molecule has 2 N–H and O–H groups in total. The van der Waals surface area contributed by atoms with Gasteiger partial charge in [-0.25, -0.2) is 0 Å². The van der Waals surface area contributed by atoms with Gasteiger partial charge >= 0.3 is 0 Å². The number of rotatable bonds is 9. The van der Waals surface area contributed by atoms with E-state index in [0.717, 1.165) is 49.6 Å². The molecule has 0 saturated carbocycles. The molecule has 0 aliphatic heterocycles. The second kappa shape index (κ2) is 8.35. The van der Waals surface area contributed by atoms with E-state index in [1.807, 2.05) is 6.92 Å². The molecule has 0 amide bonds. The molecular weight excluding hydrogens is 240 g/mol. The van der Waals surface area contributed by atoms with Gasteiger partial charge in [0.1, 0.15) is 11.5 Å². The SMILES string of the molecule is CCC(CC)N(CCOC)Cc1cc(CN)c(C)o1. The third kappa shape index (κ3) is 4.64. The highest BCUT2D eigenvalue weighted by Gasteiger charge is 2.17. The summed E-state index contributed by atoms with van der Waals surface area (Å²) in [7, 11) is 1.74. The Hall–Kier alpha value is -0.840. The van der Waals surface area contributed by atoms with Crippen molar-refractivity contribution in [1.82, 2.24) is 4.90 Å². The van der Waals surface area contributed by atoms with Crippen LogP contribution in [0.1, 0.15) is 43.8 Å². The highest BCUT2D eigenvalue weighted by molar-refractivity contribution is 5.20. The molecule has 110 valence electrons. The van der Waals surface area contributed by atoms with Crippen molar-refractivity contribution >= 4 is 0 Å². The Morgan fingerprint density at radius 1 is 1.37 bits per heavy atom. The van der Waals surface area contributed by atoms with Crippen LogP contribution in [0, 0.1) is 6.92 Å². The van der Waals surface area contributed by atoms with Gasteiger partial charge in [-0.1, -0.05) is 13.8 Å². The van der Waals surface area contributed by atoms with Crippen LogP contribution in [0.3, 0.4) is 0 Å². The summed E-state index contributed by atoms with van der Waals surface area (Å²) in [5.41, 5.74) is 6.80. The zero-order valence-corrected chi connectivity index (χ0v) is 12.7. The molecule has 1 heterocycles. The lowest BCUT2D eigenvalue weighted by molar-refractivity contribution is 0.104. The fraction of sp³-hybridized carbons (Fsp3) is 0.733. The van der Waals surface area contributed by atoms with E-state index in [-0.39, 0.29) is 0 Å². The van der Waals surface area contributed by atoms with Crippen LogP contribution in [0.15, 0.2) is 10.5 Å². The highest BCUT2D eigenvalue weighted by Crippen LogP contribution is 2.18. The lowest BCUT2D eigenvalue weighted by Crippen LogP contribution is -2.36. The quantitative estimate of drug-likeness (QED) is 0.748. The van der Waals surface area contributed by atoms with Crippen LogP contribution in [-0.4, -0.2) is 31.2 Å². The van der Waals surface area contributed by atoms with E-state index < -0.39 is 0 Å². The van der Waals surface area contributed by atoms with Crippen LogP contribution in [0.25, 0.3) is 0 Å². The summed E-state index contributed by atoms with van der Waals surface area (Å²) in [5, 5.41) is 0. The molecule has 19 heavy (non-hydrogen) atoms. The van der Waals surface area contributed by atoms with Crippen LogP contribution in [0.2, 0.25) is 0 Å². The Balaban J connectivity index is 2.74. The summed E-state index contributed by atoms with van der Waals surface area (Å²) < 4.78 is 11.0. The summed E-state index contributed by atoms with van der Waals surface area (Å²) in [6.45, 7) is 9.48. The van der Waals surface area contributed by atoms with Gasteiger partial charge in [0.2, 0.25) is 0 Å². The first-order chi connectivity index (χ1) is 9.15. The van der Waals surface area contributed by atoms with Crippen molar-refractivity contribution in [3.63, 3.8) is 0 Å². The lowest BCUT2D eigenvalue weighted by atomic mass is 10.1. The van der Waals surface area contributed by atoms with Gasteiger partial charge < -0.3 is 14.9 Å². The van der Waals surface area contributed by atoms with Crippen molar-refractivity contribution in [3.05, 3.63) is 23.2 Å². The number of ether oxygens (including phenoxy) is 1. The Morgan fingerprint density at radius 3 is 2.53 bits per heavy atom. The predicted molar refractivity (Wildman–Crippen MR) is 78.0 cm³/mol. The van der Waals surface area contributed by atoms with E-state index in [0.29, 0.717) is 12.6 Å². The fourth-order valence-electron chi connectivity index (χ4n) is 2.47. The molecule has 0 fully saturated rings. The molecule has 0 atom stereocenters. The Kier molecular flexibility index (Phi) is 7.13. The molecular formula is C15H28N2O2. The second-order valence-electron chi connectivity index (χ2n) is 4.93. The minimum atomic E-state index is 0.540. The number of hydrogen-bond acceptors (Lipinski definition) is 4. The summed E-state index contributed by atoms with van der Waals surface area (Å²) >= 11 is 0. The van der Waals surface area contributed by atoms with Crippen molar-refractivity contribution in [3.8, 4) is 0 Å². The molecule has 0 unspecified atom stereocenters. The Labute approximate surface area is 116 Å². The van der Waals surface area contributed by atoms with Gasteiger partial charge in [0.05, 0.1) is 13.2 Å². The maximum atomic E-state index is 5.79. The van der Waals surface area contributed by atoms with E-state index in [1.54, 1.807) is 7.11 Å². The average molecular weight is 268 g/mol. The van der Waals surface area contributed by atoms with Gasteiger partial charge in [-0.05, 0) is 25.8 Å². The number of nitrogens with zero attached hydrogens (tertiary/aromatic N) is 1. The largest absolute Gasteiger partial charge is 0.465 e. The van der Waals surface area contributed by atoms with Crippen LogP contribution < -0.4 is 5.73 Å². The number of methoxy groups -OCH3 is 1. The first kappa shape index (κ1) is 16.2. The van der Waals surface area contributed by atoms with Crippen LogP contribution in [0.4, 0.5) is 0 Å². The normalized spacial score (nSPS) is 11.7. The standard InChI is InChI=1S/C15H28N2O2/c1-5-14(6-2)17(7-8-18-4)11-15-9-13(10-16)12(3)19-15/h9,14H,5-8,10-11,16H2,1-4H3. The van der Waals surface area contributed by atoms with Gasteiger partial charge in [0, 0.05) is 31.8 Å². The summed E-state index contributed by atoms with van der Waals surface area (Å²) in [4.78, 5) is 2.43. The zero-order chi connectivity index (χ0) is 14.3. The number of hydrogen-bond donors (Lipinski definition) is 1. The first-order valence-electron chi connectivity index (χ1n) is 7.17. The van der Waals surface area contributed by atoms with Crippen molar-refractivity contribution in [2.24, 2.45) is 5.73 Å². The third-order valence-electron chi connectivity index (χ3n) is 3.69. The average Bonchev–Trinajstić information content (AvgIpc) is 2.77. The Morgan fingerprint density at radius 2 is 2.05 bits per heavy atom.